The molecular formula is C15H20F2O. The molecule has 1 unspecified atom stereocenters. The Balaban J connectivity index is 1.93. The lowest BCUT2D eigenvalue weighted by molar-refractivity contribution is -0.0619. The van der Waals surface area contributed by atoms with Gasteiger partial charge in [0.1, 0.15) is 0 Å². The summed E-state index contributed by atoms with van der Waals surface area (Å²) in [6, 6.07) is 7.92. The minimum absolute atomic E-state index is 0.0178. The molecule has 1 saturated carbocycles. The summed E-state index contributed by atoms with van der Waals surface area (Å²) >= 11 is 0. The number of alkyl halides is 2. The summed E-state index contributed by atoms with van der Waals surface area (Å²) in [5.74, 6) is -2.50. The molecule has 1 fully saturated rings. The first-order valence-electron chi connectivity index (χ1n) is 6.58. The maximum atomic E-state index is 13.1. The minimum Gasteiger partial charge on any atom is -0.392 e. The van der Waals surface area contributed by atoms with E-state index in [9.17, 15) is 13.9 Å². The van der Waals surface area contributed by atoms with Crippen molar-refractivity contribution >= 4 is 0 Å². The van der Waals surface area contributed by atoms with Crippen LogP contribution in [0.15, 0.2) is 24.3 Å². The molecule has 0 bridgehead atoms. The predicted molar refractivity (Wildman–Crippen MR) is 67.8 cm³/mol. The van der Waals surface area contributed by atoms with Crippen LogP contribution in [0.2, 0.25) is 0 Å². The Morgan fingerprint density at radius 3 is 2.50 bits per heavy atom. The van der Waals surface area contributed by atoms with Crippen molar-refractivity contribution in [3.8, 4) is 0 Å². The van der Waals surface area contributed by atoms with Gasteiger partial charge in [-0.05, 0) is 43.2 Å². The van der Waals surface area contributed by atoms with E-state index in [0.717, 1.165) is 11.1 Å². The van der Waals surface area contributed by atoms with Gasteiger partial charge in [-0.3, -0.25) is 0 Å². The molecule has 100 valence electrons. The molecule has 3 heteroatoms. The van der Waals surface area contributed by atoms with Crippen molar-refractivity contribution in [1.82, 2.24) is 0 Å². The summed E-state index contributed by atoms with van der Waals surface area (Å²) in [4.78, 5) is 0. The third-order valence-electron chi connectivity index (χ3n) is 4.00. The van der Waals surface area contributed by atoms with E-state index in [1.807, 2.05) is 31.2 Å². The fraction of sp³-hybridized carbons (Fsp3) is 0.600. The quantitative estimate of drug-likeness (QED) is 0.871. The maximum absolute atomic E-state index is 13.1. The van der Waals surface area contributed by atoms with Crippen molar-refractivity contribution in [1.29, 1.82) is 0 Å². The molecule has 0 spiro atoms. The molecule has 1 aliphatic carbocycles. The molecule has 0 saturated heterocycles. The van der Waals surface area contributed by atoms with E-state index < -0.39 is 12.0 Å². The van der Waals surface area contributed by atoms with Crippen LogP contribution < -0.4 is 0 Å². The third-order valence-corrected chi connectivity index (χ3v) is 4.00. The largest absolute Gasteiger partial charge is 0.392 e. The second-order valence-electron chi connectivity index (χ2n) is 5.39. The van der Waals surface area contributed by atoms with Gasteiger partial charge in [-0.1, -0.05) is 24.3 Å². The average molecular weight is 254 g/mol. The van der Waals surface area contributed by atoms with E-state index in [1.165, 1.54) is 0 Å². The van der Waals surface area contributed by atoms with Crippen LogP contribution in [0.25, 0.3) is 0 Å². The van der Waals surface area contributed by atoms with E-state index >= 15 is 0 Å². The van der Waals surface area contributed by atoms with Crippen LogP contribution >= 0.6 is 0 Å². The molecule has 1 aromatic rings. The van der Waals surface area contributed by atoms with Crippen LogP contribution in [-0.4, -0.2) is 17.1 Å². The second-order valence-corrected chi connectivity index (χ2v) is 5.39. The molecule has 0 aromatic heterocycles. The van der Waals surface area contributed by atoms with E-state index in [4.69, 9.17) is 0 Å². The smallest absolute Gasteiger partial charge is 0.248 e. The SMILES string of the molecule is Cc1ccccc1CC(O)C1CCC(F)(F)CC1. The Morgan fingerprint density at radius 1 is 1.28 bits per heavy atom. The minimum atomic E-state index is -2.51. The fourth-order valence-corrected chi connectivity index (χ4v) is 2.68. The lowest BCUT2D eigenvalue weighted by Crippen LogP contribution is -2.32. The zero-order valence-electron chi connectivity index (χ0n) is 10.7. The van der Waals surface area contributed by atoms with Crippen molar-refractivity contribution in [2.24, 2.45) is 5.92 Å². The Hall–Kier alpha value is -0.960. The van der Waals surface area contributed by atoms with Crippen molar-refractivity contribution in [2.75, 3.05) is 0 Å². The molecule has 1 aromatic carbocycles. The zero-order valence-corrected chi connectivity index (χ0v) is 10.7. The number of rotatable bonds is 3. The molecule has 0 amide bonds. The molecule has 0 heterocycles. The monoisotopic (exact) mass is 254 g/mol. The first-order chi connectivity index (χ1) is 8.48. The van der Waals surface area contributed by atoms with E-state index in [0.29, 0.717) is 19.3 Å². The van der Waals surface area contributed by atoms with Crippen LogP contribution in [0.5, 0.6) is 0 Å². The molecular weight excluding hydrogens is 234 g/mol. The van der Waals surface area contributed by atoms with Crippen molar-refractivity contribution < 1.29 is 13.9 Å². The molecule has 0 aliphatic heterocycles. The number of hydrogen-bond acceptors (Lipinski definition) is 1. The van der Waals surface area contributed by atoms with Gasteiger partial charge >= 0.3 is 0 Å². The van der Waals surface area contributed by atoms with Gasteiger partial charge < -0.3 is 5.11 Å². The highest BCUT2D eigenvalue weighted by Crippen LogP contribution is 2.38. The number of halogens is 2. The van der Waals surface area contributed by atoms with Gasteiger partial charge in [0.25, 0.3) is 0 Å². The van der Waals surface area contributed by atoms with Crippen LogP contribution in [-0.2, 0) is 6.42 Å². The van der Waals surface area contributed by atoms with Gasteiger partial charge in [-0.2, -0.15) is 0 Å². The summed E-state index contributed by atoms with van der Waals surface area (Å²) in [5, 5.41) is 10.2. The number of hydrogen-bond donors (Lipinski definition) is 1. The molecule has 1 N–H and O–H groups in total. The highest BCUT2D eigenvalue weighted by atomic mass is 19.3. The highest BCUT2D eigenvalue weighted by molar-refractivity contribution is 5.26. The van der Waals surface area contributed by atoms with Crippen molar-refractivity contribution in [3.05, 3.63) is 35.4 Å². The van der Waals surface area contributed by atoms with Gasteiger partial charge in [0, 0.05) is 12.8 Å². The number of aryl methyl sites for hydroxylation is 1. The van der Waals surface area contributed by atoms with Crippen molar-refractivity contribution in [2.45, 2.75) is 51.1 Å². The topological polar surface area (TPSA) is 20.2 Å². The Morgan fingerprint density at radius 2 is 1.89 bits per heavy atom. The molecule has 0 radical (unpaired) electrons. The van der Waals surface area contributed by atoms with Crippen LogP contribution in [0, 0.1) is 12.8 Å². The van der Waals surface area contributed by atoms with E-state index in [2.05, 4.69) is 0 Å². The summed E-state index contributed by atoms with van der Waals surface area (Å²) in [6.45, 7) is 2.01. The fourth-order valence-electron chi connectivity index (χ4n) is 2.68. The second kappa shape index (κ2) is 5.35. The normalized spacial score (nSPS) is 21.8. The van der Waals surface area contributed by atoms with Gasteiger partial charge in [-0.15, -0.1) is 0 Å². The summed E-state index contributed by atoms with van der Waals surface area (Å²) < 4.78 is 26.1. The van der Waals surface area contributed by atoms with Crippen LogP contribution in [0.1, 0.15) is 36.8 Å². The molecule has 1 aliphatic rings. The number of aliphatic hydroxyl groups excluding tert-OH is 1. The Labute approximate surface area is 107 Å². The lowest BCUT2D eigenvalue weighted by Gasteiger charge is -2.31. The highest BCUT2D eigenvalue weighted by Gasteiger charge is 2.37. The summed E-state index contributed by atoms with van der Waals surface area (Å²) in [6.07, 6.45) is 0.774. The predicted octanol–water partition coefficient (Wildman–Crippen LogP) is 3.72. The van der Waals surface area contributed by atoms with Gasteiger partial charge in [0.05, 0.1) is 6.10 Å². The zero-order chi connectivity index (χ0) is 13.2. The van der Waals surface area contributed by atoms with E-state index in [-0.39, 0.29) is 18.8 Å². The molecule has 1 atom stereocenters. The number of aliphatic hydroxyl groups is 1. The Bertz CT molecular complexity index is 393. The first kappa shape index (κ1) is 13.5. The first-order valence-corrected chi connectivity index (χ1v) is 6.58. The maximum Gasteiger partial charge on any atom is 0.248 e. The Kier molecular flexibility index (Phi) is 4.00. The summed E-state index contributed by atoms with van der Waals surface area (Å²) in [5.41, 5.74) is 2.26. The standard InChI is InChI=1S/C15H20F2O/c1-11-4-2-3-5-13(11)10-14(18)12-6-8-15(16,17)9-7-12/h2-5,12,14,18H,6-10H2,1H3. The lowest BCUT2D eigenvalue weighted by atomic mass is 9.81. The van der Waals surface area contributed by atoms with Crippen molar-refractivity contribution in [3.63, 3.8) is 0 Å². The van der Waals surface area contributed by atoms with Crippen LogP contribution in [0.3, 0.4) is 0 Å². The van der Waals surface area contributed by atoms with Crippen LogP contribution in [0.4, 0.5) is 8.78 Å². The molecule has 1 nitrogen and oxygen atoms in total. The molecule has 18 heavy (non-hydrogen) atoms. The average Bonchev–Trinajstić information content (AvgIpc) is 2.32. The van der Waals surface area contributed by atoms with Gasteiger partial charge in [-0.25, -0.2) is 8.78 Å². The summed E-state index contributed by atoms with van der Waals surface area (Å²) in [7, 11) is 0. The van der Waals surface area contributed by atoms with E-state index in [1.54, 1.807) is 0 Å². The van der Waals surface area contributed by atoms with Gasteiger partial charge in [0.2, 0.25) is 5.92 Å². The molecule has 2 rings (SSSR count). The number of benzene rings is 1. The van der Waals surface area contributed by atoms with Gasteiger partial charge in [0.15, 0.2) is 0 Å². The third kappa shape index (κ3) is 3.29.